The number of nitrogens with one attached hydrogen (secondary N) is 1. The van der Waals surface area contributed by atoms with E-state index in [-0.39, 0.29) is 17.3 Å². The Morgan fingerprint density at radius 1 is 0.947 bits per heavy atom. The summed E-state index contributed by atoms with van der Waals surface area (Å²) in [4.78, 5) is 0.243. The van der Waals surface area contributed by atoms with Gasteiger partial charge in [-0.1, -0.05) is 30.3 Å². The molecule has 2 aromatic carbocycles. The summed E-state index contributed by atoms with van der Waals surface area (Å²) in [5.74, 6) is 0. The molecule has 0 amide bonds. The highest BCUT2D eigenvalue weighted by atomic mass is 35.5. The van der Waals surface area contributed by atoms with Crippen LogP contribution in [-0.2, 0) is 16.6 Å². The molecule has 0 bridgehead atoms. The van der Waals surface area contributed by atoms with Gasteiger partial charge in [0.25, 0.3) is 10.0 Å². The lowest BCUT2D eigenvalue weighted by Crippen LogP contribution is -2.12. The van der Waals surface area contributed by atoms with Crippen LogP contribution in [0.2, 0.25) is 0 Å². The molecule has 2 aromatic rings. The monoisotopic (exact) mass is 298 g/mol. The zero-order valence-corrected chi connectivity index (χ0v) is 11.7. The van der Waals surface area contributed by atoms with Gasteiger partial charge in [-0.15, -0.1) is 12.4 Å². The van der Waals surface area contributed by atoms with Crippen molar-refractivity contribution in [2.45, 2.75) is 11.4 Å². The predicted molar refractivity (Wildman–Crippen MR) is 78.8 cm³/mol. The Hall–Kier alpha value is -1.56. The van der Waals surface area contributed by atoms with E-state index in [1.54, 1.807) is 54.6 Å². The lowest BCUT2D eigenvalue weighted by molar-refractivity contribution is 0.601. The molecule has 0 spiro atoms. The van der Waals surface area contributed by atoms with E-state index in [0.717, 1.165) is 5.56 Å². The Kier molecular flexibility index (Phi) is 5.35. The summed E-state index contributed by atoms with van der Waals surface area (Å²) >= 11 is 0. The number of halogens is 1. The highest BCUT2D eigenvalue weighted by Gasteiger charge is 2.12. The van der Waals surface area contributed by atoms with Crippen molar-refractivity contribution in [2.75, 3.05) is 4.72 Å². The molecule has 0 aliphatic carbocycles. The highest BCUT2D eigenvalue weighted by molar-refractivity contribution is 7.92. The van der Waals surface area contributed by atoms with Crippen LogP contribution < -0.4 is 10.5 Å². The largest absolute Gasteiger partial charge is 0.326 e. The van der Waals surface area contributed by atoms with Crippen molar-refractivity contribution in [2.24, 2.45) is 5.73 Å². The standard InChI is InChI=1S/C13H14N2O2S.ClH/c14-10-11-6-8-12(9-7-11)15-18(16,17)13-4-2-1-3-5-13;/h1-9,15H,10,14H2;1H. The molecule has 3 N–H and O–H groups in total. The SMILES string of the molecule is Cl.NCc1ccc(NS(=O)(=O)c2ccccc2)cc1. The molecule has 6 heteroatoms. The first-order chi connectivity index (χ1) is 8.62. The van der Waals surface area contributed by atoms with Crippen molar-refractivity contribution in [1.82, 2.24) is 0 Å². The molecular weight excluding hydrogens is 284 g/mol. The van der Waals surface area contributed by atoms with Gasteiger partial charge in [0.05, 0.1) is 4.90 Å². The lowest BCUT2D eigenvalue weighted by atomic mass is 10.2. The van der Waals surface area contributed by atoms with Gasteiger partial charge in [-0.2, -0.15) is 0 Å². The number of rotatable bonds is 4. The summed E-state index contributed by atoms with van der Waals surface area (Å²) < 4.78 is 26.6. The maximum absolute atomic E-state index is 12.0. The zero-order chi connectivity index (χ0) is 13.0. The fourth-order valence-electron chi connectivity index (χ4n) is 1.52. The van der Waals surface area contributed by atoms with Crippen LogP contribution in [0, 0.1) is 0 Å². The van der Waals surface area contributed by atoms with Gasteiger partial charge in [0, 0.05) is 12.2 Å². The quantitative estimate of drug-likeness (QED) is 0.910. The van der Waals surface area contributed by atoms with Crippen LogP contribution in [0.3, 0.4) is 0 Å². The second-order valence-electron chi connectivity index (χ2n) is 3.82. The average molecular weight is 299 g/mol. The molecule has 0 unspecified atom stereocenters. The van der Waals surface area contributed by atoms with E-state index in [0.29, 0.717) is 12.2 Å². The van der Waals surface area contributed by atoms with Crippen molar-refractivity contribution in [3.63, 3.8) is 0 Å². The number of sulfonamides is 1. The molecule has 19 heavy (non-hydrogen) atoms. The van der Waals surface area contributed by atoms with Crippen LogP contribution in [0.15, 0.2) is 59.5 Å². The maximum atomic E-state index is 12.0. The predicted octanol–water partition coefficient (Wildman–Crippen LogP) is 2.37. The van der Waals surface area contributed by atoms with E-state index in [1.807, 2.05) is 0 Å². The Balaban J connectivity index is 0.00000180. The minimum absolute atomic E-state index is 0. The number of benzene rings is 2. The third-order valence-corrected chi connectivity index (χ3v) is 3.89. The molecule has 0 radical (unpaired) electrons. The van der Waals surface area contributed by atoms with E-state index >= 15 is 0 Å². The van der Waals surface area contributed by atoms with E-state index < -0.39 is 10.0 Å². The van der Waals surface area contributed by atoms with Crippen LogP contribution in [0.1, 0.15) is 5.56 Å². The van der Waals surface area contributed by atoms with Crippen LogP contribution in [0.25, 0.3) is 0 Å². The van der Waals surface area contributed by atoms with Gasteiger partial charge in [0.1, 0.15) is 0 Å². The fraction of sp³-hybridized carbons (Fsp3) is 0.0769. The van der Waals surface area contributed by atoms with Gasteiger partial charge in [0.15, 0.2) is 0 Å². The molecule has 102 valence electrons. The summed E-state index contributed by atoms with van der Waals surface area (Å²) in [5.41, 5.74) is 6.96. The first-order valence-electron chi connectivity index (χ1n) is 5.49. The molecule has 0 aromatic heterocycles. The van der Waals surface area contributed by atoms with E-state index in [4.69, 9.17) is 5.73 Å². The van der Waals surface area contributed by atoms with Gasteiger partial charge in [-0.05, 0) is 29.8 Å². The maximum Gasteiger partial charge on any atom is 0.261 e. The highest BCUT2D eigenvalue weighted by Crippen LogP contribution is 2.16. The van der Waals surface area contributed by atoms with Crippen molar-refractivity contribution in [3.8, 4) is 0 Å². The molecule has 0 fully saturated rings. The summed E-state index contributed by atoms with van der Waals surface area (Å²) in [7, 11) is -3.51. The Morgan fingerprint density at radius 3 is 2.05 bits per heavy atom. The Labute approximate surface area is 119 Å². The molecule has 0 aliphatic heterocycles. The van der Waals surface area contributed by atoms with Crippen molar-refractivity contribution in [3.05, 3.63) is 60.2 Å². The summed E-state index contributed by atoms with van der Waals surface area (Å²) in [6.45, 7) is 0.436. The third-order valence-electron chi connectivity index (χ3n) is 2.50. The van der Waals surface area contributed by atoms with Crippen LogP contribution >= 0.6 is 12.4 Å². The average Bonchev–Trinajstić information content (AvgIpc) is 2.40. The van der Waals surface area contributed by atoms with E-state index in [9.17, 15) is 8.42 Å². The van der Waals surface area contributed by atoms with Crippen LogP contribution in [-0.4, -0.2) is 8.42 Å². The molecule has 4 nitrogen and oxygen atoms in total. The normalized spacial score (nSPS) is 10.6. The van der Waals surface area contributed by atoms with Crippen LogP contribution in [0.4, 0.5) is 5.69 Å². The van der Waals surface area contributed by atoms with E-state index in [1.165, 1.54) is 0 Å². The second kappa shape index (κ2) is 6.56. The summed E-state index contributed by atoms with van der Waals surface area (Å²) in [6, 6.07) is 15.2. The minimum atomic E-state index is -3.51. The van der Waals surface area contributed by atoms with Gasteiger partial charge in [0.2, 0.25) is 0 Å². The summed E-state index contributed by atoms with van der Waals surface area (Å²) in [5, 5.41) is 0. The first-order valence-corrected chi connectivity index (χ1v) is 6.97. The Morgan fingerprint density at radius 2 is 1.53 bits per heavy atom. The van der Waals surface area contributed by atoms with Gasteiger partial charge < -0.3 is 5.73 Å². The molecule has 0 saturated carbocycles. The molecular formula is C13H15ClN2O2S. The molecule has 0 saturated heterocycles. The first kappa shape index (κ1) is 15.5. The number of anilines is 1. The van der Waals surface area contributed by atoms with Gasteiger partial charge in [-0.3, -0.25) is 4.72 Å². The second-order valence-corrected chi connectivity index (χ2v) is 5.50. The van der Waals surface area contributed by atoms with Crippen molar-refractivity contribution in [1.29, 1.82) is 0 Å². The topological polar surface area (TPSA) is 72.2 Å². The Bertz CT molecular complexity index is 613. The minimum Gasteiger partial charge on any atom is -0.326 e. The zero-order valence-electron chi connectivity index (χ0n) is 10.1. The molecule has 2 rings (SSSR count). The van der Waals surface area contributed by atoms with Crippen molar-refractivity contribution < 1.29 is 8.42 Å². The molecule has 0 heterocycles. The summed E-state index contributed by atoms with van der Waals surface area (Å²) in [6.07, 6.45) is 0. The molecule has 0 atom stereocenters. The molecule has 0 aliphatic rings. The van der Waals surface area contributed by atoms with Crippen molar-refractivity contribution >= 4 is 28.1 Å². The van der Waals surface area contributed by atoms with Gasteiger partial charge in [-0.25, -0.2) is 8.42 Å². The smallest absolute Gasteiger partial charge is 0.261 e. The third kappa shape index (κ3) is 3.96. The van der Waals surface area contributed by atoms with E-state index in [2.05, 4.69) is 4.72 Å². The van der Waals surface area contributed by atoms with Gasteiger partial charge >= 0.3 is 0 Å². The number of nitrogens with two attached hydrogens (primary N) is 1. The van der Waals surface area contributed by atoms with Crippen LogP contribution in [0.5, 0.6) is 0 Å². The number of hydrogen-bond donors (Lipinski definition) is 2. The fourth-order valence-corrected chi connectivity index (χ4v) is 2.60. The lowest BCUT2D eigenvalue weighted by Gasteiger charge is -2.08. The number of hydrogen-bond acceptors (Lipinski definition) is 3.